The number of hydrogen-bond acceptors (Lipinski definition) is 3. The van der Waals surface area contributed by atoms with Crippen molar-refractivity contribution in [3.63, 3.8) is 0 Å². The summed E-state index contributed by atoms with van der Waals surface area (Å²) in [5, 5.41) is 10.0. The highest BCUT2D eigenvalue weighted by Gasteiger charge is 2.40. The van der Waals surface area contributed by atoms with Gasteiger partial charge in [-0.3, -0.25) is 0 Å². The van der Waals surface area contributed by atoms with Gasteiger partial charge in [0.05, 0.1) is 5.60 Å². The van der Waals surface area contributed by atoms with E-state index in [1.165, 1.54) is 20.9 Å². The second-order valence-electron chi connectivity index (χ2n) is 4.53. The molecule has 88 valence electrons. The van der Waals surface area contributed by atoms with E-state index in [4.69, 9.17) is 0 Å². The highest BCUT2D eigenvalue weighted by molar-refractivity contribution is 7.99. The molecule has 0 bridgehead atoms. The summed E-state index contributed by atoms with van der Waals surface area (Å²) >= 11 is 3.56. The Hall–Kier alpha value is -0.120. The van der Waals surface area contributed by atoms with Crippen LogP contribution in [0.1, 0.15) is 24.0 Å². The maximum atomic E-state index is 10.0. The molecule has 1 aromatic carbocycles. The Morgan fingerprint density at radius 3 is 2.31 bits per heavy atom. The molecule has 3 heteroatoms. The van der Waals surface area contributed by atoms with E-state index in [1.807, 2.05) is 0 Å². The van der Waals surface area contributed by atoms with Crippen LogP contribution in [0.3, 0.4) is 0 Å². The Balaban J connectivity index is 2.33. The first kappa shape index (κ1) is 12.3. The molecule has 1 aliphatic carbocycles. The van der Waals surface area contributed by atoms with Crippen LogP contribution in [0.15, 0.2) is 21.9 Å². The number of thioether (sulfide) groups is 2. The molecule has 1 saturated carbocycles. The maximum absolute atomic E-state index is 10.0. The third-order valence-corrected chi connectivity index (χ3v) is 4.84. The normalized spacial score (nSPS) is 17.5. The zero-order chi connectivity index (χ0) is 11.8. The summed E-state index contributed by atoms with van der Waals surface area (Å²) in [6.45, 7) is 2.15. The number of aliphatic hydroxyl groups is 1. The van der Waals surface area contributed by atoms with E-state index in [0.717, 1.165) is 19.3 Å². The Morgan fingerprint density at radius 2 is 1.81 bits per heavy atom. The van der Waals surface area contributed by atoms with Crippen LogP contribution in [0, 0.1) is 6.92 Å². The van der Waals surface area contributed by atoms with E-state index in [-0.39, 0.29) is 0 Å². The van der Waals surface area contributed by atoms with Gasteiger partial charge in [0.15, 0.2) is 0 Å². The first-order chi connectivity index (χ1) is 7.58. The van der Waals surface area contributed by atoms with Crippen LogP contribution < -0.4 is 0 Å². The molecule has 0 radical (unpaired) electrons. The second kappa shape index (κ2) is 4.63. The molecular formula is C13H18OS2. The van der Waals surface area contributed by atoms with Crippen LogP contribution >= 0.6 is 23.5 Å². The van der Waals surface area contributed by atoms with Gasteiger partial charge in [-0.25, -0.2) is 0 Å². The molecule has 0 aliphatic heterocycles. The molecule has 1 aliphatic rings. The first-order valence-corrected chi connectivity index (χ1v) is 7.97. The maximum Gasteiger partial charge on any atom is 0.0690 e. The van der Waals surface area contributed by atoms with Gasteiger partial charge in [-0.15, -0.1) is 23.5 Å². The molecule has 0 unspecified atom stereocenters. The largest absolute Gasteiger partial charge is 0.390 e. The lowest BCUT2D eigenvalue weighted by atomic mass is 10.0. The molecule has 0 amide bonds. The van der Waals surface area contributed by atoms with Gasteiger partial charge < -0.3 is 5.11 Å². The van der Waals surface area contributed by atoms with Gasteiger partial charge in [0.25, 0.3) is 0 Å². The second-order valence-corrected chi connectivity index (χ2v) is 6.23. The Morgan fingerprint density at radius 1 is 1.19 bits per heavy atom. The summed E-state index contributed by atoms with van der Waals surface area (Å²) in [6.07, 6.45) is 6.95. The van der Waals surface area contributed by atoms with Gasteiger partial charge in [0.1, 0.15) is 0 Å². The molecule has 16 heavy (non-hydrogen) atoms. The summed E-state index contributed by atoms with van der Waals surface area (Å²) in [6, 6.07) is 4.50. The average Bonchev–Trinajstić information content (AvgIpc) is 2.98. The number of aryl methyl sites for hydroxylation is 1. The quantitative estimate of drug-likeness (QED) is 0.830. The van der Waals surface area contributed by atoms with Gasteiger partial charge in [-0.1, -0.05) is 0 Å². The summed E-state index contributed by atoms with van der Waals surface area (Å²) < 4.78 is 0. The Bertz CT molecular complexity index is 397. The lowest BCUT2D eigenvalue weighted by Crippen LogP contribution is -2.11. The zero-order valence-corrected chi connectivity index (χ0v) is 11.7. The fourth-order valence-electron chi connectivity index (χ4n) is 1.93. The number of rotatable bonds is 4. The van der Waals surface area contributed by atoms with Crippen molar-refractivity contribution in [1.29, 1.82) is 0 Å². The SMILES string of the molecule is CSc1cc(CC2(O)CC2)c(SC)cc1C. The van der Waals surface area contributed by atoms with Crippen molar-refractivity contribution in [1.82, 2.24) is 0 Å². The van der Waals surface area contributed by atoms with Crippen LogP contribution in [0.5, 0.6) is 0 Å². The fourth-order valence-corrected chi connectivity index (χ4v) is 3.26. The summed E-state index contributed by atoms with van der Waals surface area (Å²) in [5.74, 6) is 0. The molecule has 1 fully saturated rings. The number of benzene rings is 1. The van der Waals surface area contributed by atoms with Gasteiger partial charge in [0.2, 0.25) is 0 Å². The van der Waals surface area contributed by atoms with Gasteiger partial charge in [0, 0.05) is 16.2 Å². The molecule has 1 N–H and O–H groups in total. The topological polar surface area (TPSA) is 20.2 Å². The van der Waals surface area contributed by atoms with E-state index in [1.54, 1.807) is 23.5 Å². The van der Waals surface area contributed by atoms with Gasteiger partial charge >= 0.3 is 0 Å². The first-order valence-electron chi connectivity index (χ1n) is 5.52. The highest BCUT2D eigenvalue weighted by atomic mass is 32.2. The van der Waals surface area contributed by atoms with Crippen LogP contribution in [0.25, 0.3) is 0 Å². The lowest BCUT2D eigenvalue weighted by Gasteiger charge is -2.14. The lowest BCUT2D eigenvalue weighted by molar-refractivity contribution is 0.150. The third-order valence-electron chi connectivity index (χ3n) is 3.14. The van der Waals surface area contributed by atoms with Crippen molar-refractivity contribution >= 4 is 23.5 Å². The molecule has 2 rings (SSSR count). The Kier molecular flexibility index (Phi) is 3.57. The minimum absolute atomic E-state index is 0.393. The van der Waals surface area contributed by atoms with Crippen LogP contribution in [0.2, 0.25) is 0 Å². The summed E-state index contributed by atoms with van der Waals surface area (Å²) in [5.41, 5.74) is 2.25. The summed E-state index contributed by atoms with van der Waals surface area (Å²) in [4.78, 5) is 2.65. The fraction of sp³-hybridized carbons (Fsp3) is 0.538. The Labute approximate surface area is 106 Å². The van der Waals surface area contributed by atoms with E-state index in [2.05, 4.69) is 31.6 Å². The van der Waals surface area contributed by atoms with E-state index >= 15 is 0 Å². The monoisotopic (exact) mass is 254 g/mol. The average molecular weight is 254 g/mol. The molecule has 1 nitrogen and oxygen atoms in total. The summed E-state index contributed by atoms with van der Waals surface area (Å²) in [7, 11) is 0. The third kappa shape index (κ3) is 2.58. The molecule has 0 heterocycles. The molecule has 0 saturated heterocycles. The predicted octanol–water partition coefficient (Wildman–Crippen LogP) is 3.51. The van der Waals surface area contributed by atoms with Crippen molar-refractivity contribution in [3.8, 4) is 0 Å². The highest BCUT2D eigenvalue weighted by Crippen LogP contribution is 2.41. The minimum Gasteiger partial charge on any atom is -0.390 e. The molecular weight excluding hydrogens is 236 g/mol. The van der Waals surface area contributed by atoms with Crippen LogP contribution in [-0.2, 0) is 6.42 Å². The van der Waals surface area contributed by atoms with Gasteiger partial charge in [-0.2, -0.15) is 0 Å². The predicted molar refractivity (Wildman–Crippen MR) is 72.6 cm³/mol. The van der Waals surface area contributed by atoms with Crippen molar-refractivity contribution in [2.45, 2.75) is 41.6 Å². The zero-order valence-electron chi connectivity index (χ0n) is 10.0. The molecule has 0 atom stereocenters. The minimum atomic E-state index is -0.393. The van der Waals surface area contributed by atoms with E-state index in [9.17, 15) is 5.11 Å². The van der Waals surface area contributed by atoms with Crippen molar-refractivity contribution in [2.24, 2.45) is 0 Å². The van der Waals surface area contributed by atoms with E-state index in [0.29, 0.717) is 0 Å². The molecule has 0 aromatic heterocycles. The molecule has 0 spiro atoms. The van der Waals surface area contributed by atoms with Crippen molar-refractivity contribution in [2.75, 3.05) is 12.5 Å². The van der Waals surface area contributed by atoms with Crippen molar-refractivity contribution < 1.29 is 5.11 Å². The van der Waals surface area contributed by atoms with Crippen LogP contribution in [-0.4, -0.2) is 23.2 Å². The van der Waals surface area contributed by atoms with Crippen LogP contribution in [0.4, 0.5) is 0 Å². The van der Waals surface area contributed by atoms with E-state index < -0.39 is 5.60 Å². The number of hydrogen-bond donors (Lipinski definition) is 1. The smallest absolute Gasteiger partial charge is 0.0690 e. The standard InChI is InChI=1S/C13H18OS2/c1-9-6-12(16-3)10(7-11(9)15-2)8-13(14)4-5-13/h6-7,14H,4-5,8H2,1-3H3. The van der Waals surface area contributed by atoms with Crippen molar-refractivity contribution in [3.05, 3.63) is 23.3 Å². The van der Waals surface area contributed by atoms with Gasteiger partial charge in [-0.05, 0) is 55.5 Å². The molecule has 1 aromatic rings.